The lowest BCUT2D eigenvalue weighted by Gasteiger charge is -2.08. The Morgan fingerprint density at radius 1 is 1.37 bits per heavy atom. The monoisotopic (exact) mass is 263 g/mol. The van der Waals surface area contributed by atoms with Crippen molar-refractivity contribution in [1.82, 2.24) is 4.73 Å². The third-order valence-electron chi connectivity index (χ3n) is 2.65. The highest BCUT2D eigenvalue weighted by Gasteiger charge is 2.16. The van der Waals surface area contributed by atoms with Crippen LogP contribution >= 0.6 is 0 Å². The first-order valence-corrected chi connectivity index (χ1v) is 5.53. The Hall–Kier alpha value is -2.34. The highest BCUT2D eigenvalue weighted by Crippen LogP contribution is 2.22. The number of carbonyl (C=O) groups excluding carboxylic acids is 2. The molecule has 100 valence electrons. The van der Waals surface area contributed by atoms with E-state index in [4.69, 9.17) is 14.3 Å². The van der Waals surface area contributed by atoms with Gasteiger partial charge >= 0.3 is 5.97 Å². The van der Waals surface area contributed by atoms with Crippen molar-refractivity contribution in [3.05, 3.63) is 35.5 Å². The van der Waals surface area contributed by atoms with E-state index in [0.717, 1.165) is 0 Å². The average Bonchev–Trinajstić information content (AvgIpc) is 2.81. The van der Waals surface area contributed by atoms with E-state index in [2.05, 4.69) is 0 Å². The highest BCUT2D eigenvalue weighted by molar-refractivity contribution is 6.05. The maximum absolute atomic E-state index is 11.7. The number of esters is 1. The second-order valence-corrected chi connectivity index (χ2v) is 3.75. The van der Waals surface area contributed by atoms with Crippen molar-refractivity contribution in [2.24, 2.45) is 0 Å². The van der Waals surface area contributed by atoms with Gasteiger partial charge in [0.25, 0.3) is 0 Å². The largest absolute Gasteiger partial charge is 0.465 e. The van der Waals surface area contributed by atoms with Gasteiger partial charge in [-0.15, -0.1) is 0 Å². The van der Waals surface area contributed by atoms with Crippen molar-refractivity contribution in [1.29, 1.82) is 0 Å². The molecule has 6 heteroatoms. The second-order valence-electron chi connectivity index (χ2n) is 3.75. The minimum absolute atomic E-state index is 0.00687. The Kier molecular flexibility index (Phi) is 3.82. The fourth-order valence-corrected chi connectivity index (χ4v) is 1.85. The lowest BCUT2D eigenvalue weighted by molar-refractivity contribution is -0.0344. The maximum Gasteiger partial charge on any atom is 0.338 e. The van der Waals surface area contributed by atoms with Crippen molar-refractivity contribution in [3.8, 4) is 0 Å². The Labute approximate surface area is 109 Å². The topological polar surface area (TPSA) is 66.8 Å². The lowest BCUT2D eigenvalue weighted by atomic mass is 10.1. The molecule has 1 aromatic heterocycles. The van der Waals surface area contributed by atoms with E-state index >= 15 is 0 Å². The minimum Gasteiger partial charge on any atom is -0.465 e. The van der Waals surface area contributed by atoms with E-state index in [-0.39, 0.29) is 6.79 Å². The molecule has 0 saturated heterocycles. The number of benzene rings is 1. The van der Waals surface area contributed by atoms with Crippen LogP contribution < -0.4 is 4.84 Å². The van der Waals surface area contributed by atoms with Gasteiger partial charge < -0.3 is 14.3 Å². The molecule has 0 amide bonds. The third kappa shape index (κ3) is 2.30. The van der Waals surface area contributed by atoms with Gasteiger partial charge in [0.1, 0.15) is 5.69 Å². The number of methoxy groups -OCH3 is 2. The summed E-state index contributed by atoms with van der Waals surface area (Å²) in [6.45, 7) is -0.00687. The van der Waals surface area contributed by atoms with E-state index < -0.39 is 5.97 Å². The zero-order valence-corrected chi connectivity index (χ0v) is 10.6. The van der Waals surface area contributed by atoms with Gasteiger partial charge in [-0.2, -0.15) is 4.73 Å². The highest BCUT2D eigenvalue weighted by atomic mass is 16.8. The number of aromatic nitrogens is 1. The number of ether oxygens (including phenoxy) is 2. The van der Waals surface area contributed by atoms with Crippen molar-refractivity contribution in [2.45, 2.75) is 0 Å². The van der Waals surface area contributed by atoms with Crippen molar-refractivity contribution >= 4 is 23.2 Å². The number of fused-ring (bicyclic) bond motifs is 1. The molecule has 2 rings (SSSR count). The van der Waals surface area contributed by atoms with Crippen LogP contribution in [0.1, 0.15) is 20.8 Å². The molecule has 0 aliphatic rings. The number of aldehydes is 1. The van der Waals surface area contributed by atoms with Crippen LogP contribution in [0, 0.1) is 0 Å². The molecular formula is C13H13NO5. The molecule has 0 bridgehead atoms. The van der Waals surface area contributed by atoms with Crippen LogP contribution in [0.4, 0.5) is 0 Å². The first kappa shape index (κ1) is 13.1. The summed E-state index contributed by atoms with van der Waals surface area (Å²) in [5, 5.41) is 0.590. The van der Waals surface area contributed by atoms with Crippen LogP contribution in [0.15, 0.2) is 24.3 Å². The fourth-order valence-electron chi connectivity index (χ4n) is 1.85. The molecule has 1 heterocycles. The molecule has 0 aliphatic carbocycles. The van der Waals surface area contributed by atoms with Crippen LogP contribution in [0.3, 0.4) is 0 Å². The molecule has 2 aromatic rings. The van der Waals surface area contributed by atoms with Gasteiger partial charge in [0.15, 0.2) is 6.29 Å². The number of rotatable bonds is 5. The molecule has 0 spiro atoms. The number of hydrogen-bond acceptors (Lipinski definition) is 5. The quantitative estimate of drug-likeness (QED) is 0.461. The Balaban J connectivity index is 2.62. The van der Waals surface area contributed by atoms with E-state index in [0.29, 0.717) is 28.4 Å². The minimum atomic E-state index is -0.466. The number of nitrogens with zero attached hydrogens (tertiary/aromatic N) is 1. The van der Waals surface area contributed by atoms with Crippen LogP contribution in [-0.4, -0.2) is 38.0 Å². The van der Waals surface area contributed by atoms with E-state index in [1.165, 1.54) is 19.0 Å². The molecular weight excluding hydrogens is 250 g/mol. The normalized spacial score (nSPS) is 10.4. The van der Waals surface area contributed by atoms with Gasteiger partial charge in [-0.3, -0.25) is 4.79 Å². The van der Waals surface area contributed by atoms with E-state index in [1.54, 1.807) is 24.3 Å². The molecule has 0 radical (unpaired) electrons. The number of carbonyl (C=O) groups is 2. The zero-order chi connectivity index (χ0) is 13.8. The second kappa shape index (κ2) is 5.53. The summed E-state index contributed by atoms with van der Waals surface area (Å²) in [5.74, 6) is -0.466. The molecule has 0 N–H and O–H groups in total. The van der Waals surface area contributed by atoms with Gasteiger partial charge in [-0.25, -0.2) is 4.79 Å². The third-order valence-corrected chi connectivity index (χ3v) is 2.65. The predicted octanol–water partition coefficient (Wildman–Crippen LogP) is 1.27. The van der Waals surface area contributed by atoms with E-state index in [1.807, 2.05) is 0 Å². The molecule has 0 unspecified atom stereocenters. The number of hydrogen-bond donors (Lipinski definition) is 0. The lowest BCUT2D eigenvalue weighted by Crippen LogP contribution is -2.16. The molecule has 6 nitrogen and oxygen atoms in total. The summed E-state index contributed by atoms with van der Waals surface area (Å²) in [5.41, 5.74) is 1.27. The summed E-state index contributed by atoms with van der Waals surface area (Å²) in [4.78, 5) is 28.0. The van der Waals surface area contributed by atoms with Crippen molar-refractivity contribution in [3.63, 3.8) is 0 Å². The van der Waals surface area contributed by atoms with Crippen LogP contribution in [0.25, 0.3) is 10.9 Å². The molecule has 19 heavy (non-hydrogen) atoms. The fraction of sp³-hybridized carbons (Fsp3) is 0.231. The Morgan fingerprint density at radius 3 is 2.79 bits per heavy atom. The van der Waals surface area contributed by atoms with E-state index in [9.17, 15) is 9.59 Å². The predicted molar refractivity (Wildman–Crippen MR) is 67.1 cm³/mol. The van der Waals surface area contributed by atoms with Crippen LogP contribution in [-0.2, 0) is 9.47 Å². The van der Waals surface area contributed by atoms with Gasteiger partial charge in [0.2, 0.25) is 6.79 Å². The first-order chi connectivity index (χ1) is 9.22. The molecule has 0 aliphatic heterocycles. The van der Waals surface area contributed by atoms with Gasteiger partial charge in [0.05, 0.1) is 18.2 Å². The van der Waals surface area contributed by atoms with Gasteiger partial charge in [-0.1, -0.05) is 6.07 Å². The average molecular weight is 263 g/mol. The summed E-state index contributed by atoms with van der Waals surface area (Å²) in [6.07, 6.45) is 0.650. The molecule has 0 atom stereocenters. The Morgan fingerprint density at radius 2 is 2.16 bits per heavy atom. The summed E-state index contributed by atoms with van der Waals surface area (Å²) >= 11 is 0. The maximum atomic E-state index is 11.7. The zero-order valence-electron chi connectivity index (χ0n) is 10.6. The van der Waals surface area contributed by atoms with Crippen molar-refractivity contribution < 1.29 is 23.9 Å². The molecule has 0 fully saturated rings. The standard InChI is InChI=1S/C13H13NO5/c1-17-8-19-14-9(7-15)6-11-10(13(16)18-2)4-3-5-12(11)14/h3-7H,8H2,1-2H3. The van der Waals surface area contributed by atoms with Gasteiger partial charge in [0, 0.05) is 12.5 Å². The summed E-state index contributed by atoms with van der Waals surface area (Å²) in [7, 11) is 2.78. The van der Waals surface area contributed by atoms with Gasteiger partial charge in [-0.05, 0) is 18.2 Å². The SMILES string of the molecule is COCOn1c(C=O)cc2c(C(=O)OC)cccc21. The molecule has 1 aromatic carbocycles. The Bertz CT molecular complexity index is 617. The molecule has 0 saturated carbocycles. The first-order valence-electron chi connectivity index (χ1n) is 5.53. The van der Waals surface area contributed by atoms with Crippen LogP contribution in [0.2, 0.25) is 0 Å². The summed E-state index contributed by atoms with van der Waals surface area (Å²) in [6, 6.07) is 6.63. The summed E-state index contributed by atoms with van der Waals surface area (Å²) < 4.78 is 10.8. The van der Waals surface area contributed by atoms with Crippen molar-refractivity contribution in [2.75, 3.05) is 21.0 Å². The van der Waals surface area contributed by atoms with Crippen LogP contribution in [0.5, 0.6) is 0 Å². The smallest absolute Gasteiger partial charge is 0.338 e.